The summed E-state index contributed by atoms with van der Waals surface area (Å²) in [5, 5.41) is 3.15. The molecule has 98 valence electrons. The molecule has 0 unspecified atom stereocenters. The molecule has 0 atom stereocenters. The Morgan fingerprint density at radius 2 is 1.90 bits per heavy atom. The standard InChI is InChI=1S/C18H15NO/c1-19-16-9-5-4-8-14(16)18(20)15-11-10-12-6-2-3-7-13(12)17(15)19/h2-3,5-7,9-11H,4,8H2,1H3. The number of hydrogen-bond acceptors (Lipinski definition) is 1. The van der Waals surface area contributed by atoms with Crippen molar-refractivity contribution in [2.45, 2.75) is 12.8 Å². The fraction of sp³-hybridized carbons (Fsp3) is 0.167. The zero-order valence-electron chi connectivity index (χ0n) is 11.4. The maximum atomic E-state index is 12.7. The van der Waals surface area contributed by atoms with Crippen LogP contribution in [0.5, 0.6) is 0 Å². The summed E-state index contributed by atoms with van der Waals surface area (Å²) >= 11 is 0. The lowest BCUT2D eigenvalue weighted by Crippen LogP contribution is -2.19. The van der Waals surface area contributed by atoms with Crippen LogP contribution in [0.15, 0.2) is 47.3 Å². The van der Waals surface area contributed by atoms with E-state index in [1.807, 2.05) is 24.3 Å². The molecule has 0 saturated heterocycles. The van der Waals surface area contributed by atoms with E-state index in [1.54, 1.807) is 0 Å². The predicted molar refractivity (Wildman–Crippen MR) is 84.1 cm³/mol. The molecule has 1 aromatic heterocycles. The van der Waals surface area contributed by atoms with Crippen molar-refractivity contribution in [2.24, 2.45) is 7.05 Å². The van der Waals surface area contributed by atoms with Crippen molar-refractivity contribution in [1.82, 2.24) is 4.57 Å². The molecule has 1 aliphatic carbocycles. The molecule has 0 saturated carbocycles. The number of hydrogen-bond donors (Lipinski definition) is 0. The van der Waals surface area contributed by atoms with E-state index in [1.165, 1.54) is 5.39 Å². The average Bonchev–Trinajstić information content (AvgIpc) is 2.51. The second-order valence-corrected chi connectivity index (χ2v) is 5.38. The summed E-state index contributed by atoms with van der Waals surface area (Å²) in [4.78, 5) is 12.7. The molecule has 0 fully saturated rings. The van der Waals surface area contributed by atoms with Crippen LogP contribution >= 0.6 is 0 Å². The van der Waals surface area contributed by atoms with Gasteiger partial charge in [-0.1, -0.05) is 36.4 Å². The quantitative estimate of drug-likeness (QED) is 0.566. The Morgan fingerprint density at radius 3 is 2.80 bits per heavy atom. The second kappa shape index (κ2) is 4.07. The van der Waals surface area contributed by atoms with Crippen LogP contribution in [0.2, 0.25) is 0 Å². The van der Waals surface area contributed by atoms with Crippen LogP contribution < -0.4 is 5.43 Å². The molecule has 0 spiro atoms. The number of allylic oxidation sites excluding steroid dienone is 1. The first-order valence-electron chi connectivity index (χ1n) is 6.97. The normalized spacial score (nSPS) is 13.8. The summed E-state index contributed by atoms with van der Waals surface area (Å²) in [5.41, 5.74) is 3.25. The van der Waals surface area contributed by atoms with E-state index < -0.39 is 0 Å². The molecule has 0 bridgehead atoms. The van der Waals surface area contributed by atoms with Gasteiger partial charge in [-0.15, -0.1) is 0 Å². The van der Waals surface area contributed by atoms with Gasteiger partial charge in [-0.25, -0.2) is 0 Å². The molecule has 20 heavy (non-hydrogen) atoms. The molecule has 1 aliphatic rings. The lowest BCUT2D eigenvalue weighted by Gasteiger charge is -2.18. The summed E-state index contributed by atoms with van der Waals surface area (Å²) in [7, 11) is 2.06. The van der Waals surface area contributed by atoms with Gasteiger partial charge in [0.1, 0.15) is 0 Å². The summed E-state index contributed by atoms with van der Waals surface area (Å²) in [6.07, 6.45) is 6.04. The number of aromatic nitrogens is 1. The molecular weight excluding hydrogens is 246 g/mol. The first-order valence-corrected chi connectivity index (χ1v) is 6.97. The molecule has 0 radical (unpaired) electrons. The van der Waals surface area contributed by atoms with Gasteiger partial charge in [0.25, 0.3) is 0 Å². The summed E-state index contributed by atoms with van der Waals surface area (Å²) < 4.78 is 2.17. The summed E-state index contributed by atoms with van der Waals surface area (Å²) in [6.45, 7) is 0. The molecule has 0 N–H and O–H groups in total. The van der Waals surface area contributed by atoms with Crippen molar-refractivity contribution >= 4 is 27.8 Å². The van der Waals surface area contributed by atoms with Crippen LogP contribution in [0, 0.1) is 0 Å². The number of benzene rings is 2. The van der Waals surface area contributed by atoms with Crippen LogP contribution in [0.3, 0.4) is 0 Å². The summed E-state index contributed by atoms with van der Waals surface area (Å²) in [6, 6.07) is 12.3. The first kappa shape index (κ1) is 11.5. The van der Waals surface area contributed by atoms with Gasteiger partial charge in [-0.3, -0.25) is 4.79 Å². The van der Waals surface area contributed by atoms with E-state index in [-0.39, 0.29) is 5.43 Å². The third-order valence-corrected chi connectivity index (χ3v) is 4.26. The maximum Gasteiger partial charge on any atom is 0.193 e. The van der Waals surface area contributed by atoms with Gasteiger partial charge in [-0.05, 0) is 30.4 Å². The molecule has 4 rings (SSSR count). The number of nitrogens with zero attached hydrogens (tertiary/aromatic N) is 1. The van der Waals surface area contributed by atoms with Gasteiger partial charge in [-0.2, -0.15) is 0 Å². The molecule has 2 nitrogen and oxygen atoms in total. The van der Waals surface area contributed by atoms with Crippen molar-refractivity contribution in [2.75, 3.05) is 0 Å². The fourth-order valence-electron chi connectivity index (χ4n) is 3.28. The van der Waals surface area contributed by atoms with E-state index in [9.17, 15) is 4.79 Å². The smallest absolute Gasteiger partial charge is 0.193 e. The molecule has 2 aromatic carbocycles. The van der Waals surface area contributed by atoms with Gasteiger partial charge >= 0.3 is 0 Å². The van der Waals surface area contributed by atoms with Crippen LogP contribution in [0.1, 0.15) is 17.7 Å². The highest BCUT2D eigenvalue weighted by Gasteiger charge is 2.16. The zero-order valence-corrected chi connectivity index (χ0v) is 11.4. The molecular formula is C18H15NO. The Labute approximate surface area is 117 Å². The topological polar surface area (TPSA) is 22.0 Å². The van der Waals surface area contributed by atoms with Crippen molar-refractivity contribution in [3.8, 4) is 0 Å². The number of aryl methyl sites for hydroxylation is 1. The average molecular weight is 261 g/mol. The number of pyridine rings is 1. The molecule has 3 aromatic rings. The molecule has 0 aliphatic heterocycles. The molecule has 0 amide bonds. The van der Waals surface area contributed by atoms with Crippen LogP contribution in [0.4, 0.5) is 0 Å². The lowest BCUT2D eigenvalue weighted by molar-refractivity contribution is 0.872. The van der Waals surface area contributed by atoms with Gasteiger partial charge < -0.3 is 4.57 Å². The second-order valence-electron chi connectivity index (χ2n) is 5.38. The Kier molecular flexibility index (Phi) is 2.34. The minimum atomic E-state index is 0.197. The third-order valence-electron chi connectivity index (χ3n) is 4.26. The van der Waals surface area contributed by atoms with Crippen LogP contribution in [-0.2, 0) is 13.5 Å². The van der Waals surface area contributed by atoms with Gasteiger partial charge in [0.2, 0.25) is 0 Å². The van der Waals surface area contributed by atoms with E-state index in [0.717, 1.165) is 40.4 Å². The van der Waals surface area contributed by atoms with Crippen LogP contribution in [-0.4, -0.2) is 4.57 Å². The van der Waals surface area contributed by atoms with E-state index in [0.29, 0.717) is 0 Å². The summed E-state index contributed by atoms with van der Waals surface area (Å²) in [5.74, 6) is 0. The zero-order chi connectivity index (χ0) is 13.7. The Balaban J connectivity index is 2.31. The number of rotatable bonds is 0. The van der Waals surface area contributed by atoms with E-state index in [2.05, 4.69) is 35.9 Å². The Morgan fingerprint density at radius 1 is 1.05 bits per heavy atom. The van der Waals surface area contributed by atoms with E-state index in [4.69, 9.17) is 0 Å². The van der Waals surface area contributed by atoms with Crippen molar-refractivity contribution in [3.63, 3.8) is 0 Å². The third kappa shape index (κ3) is 1.42. The Hall–Kier alpha value is -2.35. The van der Waals surface area contributed by atoms with Crippen LogP contribution in [0.25, 0.3) is 27.8 Å². The van der Waals surface area contributed by atoms with Crippen molar-refractivity contribution in [3.05, 3.63) is 64.0 Å². The van der Waals surface area contributed by atoms with Gasteiger partial charge in [0.05, 0.1) is 5.52 Å². The van der Waals surface area contributed by atoms with Crippen molar-refractivity contribution in [1.29, 1.82) is 0 Å². The van der Waals surface area contributed by atoms with Gasteiger partial charge in [0.15, 0.2) is 5.43 Å². The SMILES string of the molecule is Cn1c2c(c(=O)c3ccc4ccccc4c31)CCC=C2. The van der Waals surface area contributed by atoms with Crippen molar-refractivity contribution < 1.29 is 0 Å². The minimum Gasteiger partial charge on any atom is -0.343 e. The Bertz CT molecular complexity index is 931. The molecule has 1 heterocycles. The fourth-order valence-corrected chi connectivity index (χ4v) is 3.28. The predicted octanol–water partition coefficient (Wildman–Crippen LogP) is 3.65. The van der Waals surface area contributed by atoms with E-state index >= 15 is 0 Å². The number of fused-ring (bicyclic) bond motifs is 4. The lowest BCUT2D eigenvalue weighted by atomic mass is 9.97. The monoisotopic (exact) mass is 261 g/mol. The van der Waals surface area contributed by atoms with Gasteiger partial charge in [0, 0.05) is 29.1 Å². The highest BCUT2D eigenvalue weighted by atomic mass is 16.1. The maximum absolute atomic E-state index is 12.7. The molecule has 2 heteroatoms. The minimum absolute atomic E-state index is 0.197. The first-order chi connectivity index (χ1) is 9.77. The highest BCUT2D eigenvalue weighted by Crippen LogP contribution is 2.27. The largest absolute Gasteiger partial charge is 0.343 e. The highest BCUT2D eigenvalue weighted by molar-refractivity contribution is 6.06.